The van der Waals surface area contributed by atoms with Gasteiger partial charge in [-0.3, -0.25) is 0 Å². The smallest absolute Gasteiger partial charge is 0.128 e. The van der Waals surface area contributed by atoms with Gasteiger partial charge < -0.3 is 9.47 Å². The molecule has 318 valence electrons. The summed E-state index contributed by atoms with van der Waals surface area (Å²) >= 11 is 0. The average Bonchev–Trinajstić information content (AvgIpc) is 3.27. The van der Waals surface area contributed by atoms with Crippen LogP contribution in [0.2, 0.25) is 36.3 Å². The largest absolute Gasteiger partial charge is 0.496 e. The molecule has 0 radical (unpaired) electrons. The molecule has 4 rings (SSSR count). The molecular formula is C51H79NO2P2Si2. The van der Waals surface area contributed by atoms with E-state index in [-0.39, 0.29) is 0 Å². The van der Waals surface area contributed by atoms with Crippen molar-refractivity contribution in [1.82, 2.24) is 4.44 Å². The Kier molecular flexibility index (Phi) is 21.3. The normalized spacial score (nSPS) is 12.2. The molecule has 7 heteroatoms. The fraction of sp³-hybridized carbons (Fsp3) is 0.529. The highest BCUT2D eigenvalue weighted by atomic mass is 31.2. The molecule has 0 bridgehead atoms. The maximum atomic E-state index is 6.13. The zero-order chi connectivity index (χ0) is 41.8. The van der Waals surface area contributed by atoms with E-state index >= 15 is 0 Å². The van der Waals surface area contributed by atoms with Gasteiger partial charge >= 0.3 is 0 Å². The van der Waals surface area contributed by atoms with Crippen LogP contribution in [0, 0.1) is 0 Å². The highest BCUT2D eigenvalue weighted by Gasteiger charge is 2.37. The lowest BCUT2D eigenvalue weighted by Crippen LogP contribution is -2.48. The molecule has 0 fully saturated rings. The third-order valence-electron chi connectivity index (χ3n) is 12.7. The van der Waals surface area contributed by atoms with Crippen molar-refractivity contribution in [3.8, 4) is 11.5 Å². The van der Waals surface area contributed by atoms with Crippen molar-refractivity contribution in [2.75, 3.05) is 21.3 Å². The molecule has 0 unspecified atom stereocenters. The molecule has 0 atom stereocenters. The summed E-state index contributed by atoms with van der Waals surface area (Å²) in [4.78, 5) is 0. The molecule has 4 aromatic rings. The molecule has 0 amide bonds. The molecule has 0 saturated carbocycles. The lowest BCUT2D eigenvalue weighted by Gasteiger charge is -2.38. The van der Waals surface area contributed by atoms with Crippen LogP contribution in [-0.2, 0) is 0 Å². The molecule has 0 heterocycles. The second-order valence-corrected chi connectivity index (χ2v) is 30.8. The number of methoxy groups -OCH3 is 2. The molecule has 0 aliphatic carbocycles. The Morgan fingerprint density at radius 3 is 0.983 bits per heavy atom. The first-order valence-corrected chi connectivity index (χ1v) is 31.0. The Bertz CT molecular complexity index is 1570. The van der Waals surface area contributed by atoms with Gasteiger partial charge in [0.05, 0.1) is 30.4 Å². The fourth-order valence-electron chi connectivity index (χ4n) is 9.24. The highest BCUT2D eigenvalue weighted by Crippen LogP contribution is 2.55. The molecule has 58 heavy (non-hydrogen) atoms. The first kappa shape index (κ1) is 48.4. The average molecular weight is 856 g/mol. The monoisotopic (exact) mass is 856 g/mol. The van der Waals surface area contributed by atoms with Crippen LogP contribution in [-0.4, -0.2) is 41.9 Å². The first-order chi connectivity index (χ1) is 28.3. The summed E-state index contributed by atoms with van der Waals surface area (Å²) in [6.07, 6.45) is 15.8. The summed E-state index contributed by atoms with van der Waals surface area (Å²) in [5, 5.41) is 8.69. The van der Waals surface area contributed by atoms with Crippen molar-refractivity contribution in [2.45, 2.75) is 155 Å². The Morgan fingerprint density at radius 2 is 0.707 bits per heavy atom. The van der Waals surface area contributed by atoms with Crippen molar-refractivity contribution >= 4 is 63.9 Å². The number of benzene rings is 4. The Balaban J connectivity index is 1.96. The van der Waals surface area contributed by atoms with Crippen LogP contribution in [0.3, 0.4) is 0 Å². The minimum atomic E-state index is -1.64. The number of hydrogen-bond acceptors (Lipinski definition) is 3. The second kappa shape index (κ2) is 25.5. The van der Waals surface area contributed by atoms with E-state index in [1.165, 1.54) is 135 Å². The van der Waals surface area contributed by atoms with Crippen LogP contribution in [0.4, 0.5) is 0 Å². The van der Waals surface area contributed by atoms with Crippen molar-refractivity contribution < 1.29 is 9.47 Å². The fourth-order valence-corrected chi connectivity index (χ4v) is 26.2. The predicted octanol–water partition coefficient (Wildman–Crippen LogP) is 13.1. The van der Waals surface area contributed by atoms with E-state index < -0.39 is 32.3 Å². The zero-order valence-electron chi connectivity index (χ0n) is 38.1. The summed E-state index contributed by atoms with van der Waals surface area (Å²) in [5.74, 6) is 1.87. The van der Waals surface area contributed by atoms with Crippen molar-refractivity contribution in [3.63, 3.8) is 0 Å². The van der Waals surface area contributed by atoms with Gasteiger partial charge in [-0.25, -0.2) is 4.44 Å². The summed E-state index contributed by atoms with van der Waals surface area (Å²) in [6.45, 7) is 14.3. The Labute approximate surface area is 360 Å². The molecule has 0 spiro atoms. The van der Waals surface area contributed by atoms with Gasteiger partial charge in [-0.2, -0.15) is 0 Å². The maximum absolute atomic E-state index is 6.13. The zero-order valence-corrected chi connectivity index (χ0v) is 41.9. The summed E-state index contributed by atoms with van der Waals surface area (Å²) in [6, 6.07) is 46.5. The van der Waals surface area contributed by atoms with E-state index in [9.17, 15) is 0 Å². The van der Waals surface area contributed by atoms with Crippen LogP contribution in [0.1, 0.15) is 119 Å². The van der Waals surface area contributed by atoms with Crippen LogP contribution in [0.5, 0.6) is 11.5 Å². The molecule has 0 aliphatic rings. The summed E-state index contributed by atoms with van der Waals surface area (Å²) in [5.41, 5.74) is 0. The van der Waals surface area contributed by atoms with E-state index in [0.29, 0.717) is 0 Å². The van der Waals surface area contributed by atoms with Gasteiger partial charge in [0.2, 0.25) is 0 Å². The van der Waals surface area contributed by atoms with Gasteiger partial charge in [0.15, 0.2) is 0 Å². The quantitative estimate of drug-likeness (QED) is 0.0420. The van der Waals surface area contributed by atoms with E-state index in [2.05, 4.69) is 150 Å². The number of ether oxygens (including phenoxy) is 2. The van der Waals surface area contributed by atoms with Gasteiger partial charge in [-0.15, -0.1) is 0 Å². The lowest BCUT2D eigenvalue weighted by molar-refractivity contribution is 0.417. The second-order valence-electron chi connectivity index (χ2n) is 16.7. The molecular weight excluding hydrogens is 777 g/mol. The van der Waals surface area contributed by atoms with Crippen LogP contribution < -0.4 is 41.1 Å². The Morgan fingerprint density at radius 1 is 0.414 bits per heavy atom. The standard InChI is InChI=1S/C51H79NO2P2Si2/c1-10-16-38-57(39-17-11-2,40-18-12-3)46-34-30-44(31-35-46)55(45-32-36-47(37-33-45)58(41-19-13-4,42-20-14-5)43-21-15-6)52(7)56(50-28-24-22-26-48(50)53-8)51-29-25-23-27-49(51)54-9/h22-37H,10-21,38-43H2,1-9H3. The van der Waals surface area contributed by atoms with Gasteiger partial charge in [-0.1, -0.05) is 238 Å². The topological polar surface area (TPSA) is 21.7 Å². The third-order valence-corrected chi connectivity index (χ3v) is 29.1. The molecule has 0 aliphatic heterocycles. The molecule has 0 aromatic heterocycles. The van der Waals surface area contributed by atoms with Gasteiger partial charge in [0, 0.05) is 26.8 Å². The number of hydrogen-bond donors (Lipinski definition) is 0. The maximum Gasteiger partial charge on any atom is 0.128 e. The van der Waals surface area contributed by atoms with Gasteiger partial charge in [0.25, 0.3) is 0 Å². The highest BCUT2D eigenvalue weighted by molar-refractivity contribution is 7.84. The van der Waals surface area contributed by atoms with E-state index in [1.807, 2.05) is 14.2 Å². The lowest BCUT2D eigenvalue weighted by atomic mass is 10.3. The summed E-state index contributed by atoms with van der Waals surface area (Å²) < 4.78 is 15.0. The van der Waals surface area contributed by atoms with E-state index in [0.717, 1.165) is 11.5 Å². The van der Waals surface area contributed by atoms with Crippen molar-refractivity contribution in [3.05, 3.63) is 97.1 Å². The molecule has 0 N–H and O–H groups in total. The molecule has 0 saturated heterocycles. The minimum absolute atomic E-state index is 0.914. The SMILES string of the molecule is CCCC[Si](CCCC)(CCCC)c1ccc(P(c2ccc([Si](CCCC)(CCCC)CCCC)cc2)N(C)P(c2ccccc2OC)c2ccccc2OC)cc1. The van der Waals surface area contributed by atoms with E-state index in [4.69, 9.17) is 9.47 Å². The number of para-hydroxylation sites is 2. The summed E-state index contributed by atoms with van der Waals surface area (Å²) in [7, 11) is 0.770. The van der Waals surface area contributed by atoms with Crippen LogP contribution >= 0.6 is 16.1 Å². The van der Waals surface area contributed by atoms with Gasteiger partial charge in [0.1, 0.15) is 11.5 Å². The molecule has 3 nitrogen and oxygen atoms in total. The van der Waals surface area contributed by atoms with Crippen LogP contribution in [0.25, 0.3) is 0 Å². The minimum Gasteiger partial charge on any atom is -0.496 e. The number of rotatable bonds is 28. The number of nitrogens with zero attached hydrogens (tertiary/aromatic N) is 1. The predicted molar refractivity (Wildman–Crippen MR) is 268 cm³/mol. The Hall–Kier alpha value is -2.27. The third kappa shape index (κ3) is 12.4. The van der Waals surface area contributed by atoms with E-state index in [1.54, 1.807) is 10.4 Å². The van der Waals surface area contributed by atoms with Crippen molar-refractivity contribution in [1.29, 1.82) is 0 Å². The molecule has 4 aromatic carbocycles. The van der Waals surface area contributed by atoms with Crippen LogP contribution in [0.15, 0.2) is 97.1 Å². The van der Waals surface area contributed by atoms with Gasteiger partial charge in [-0.05, 0) is 41.9 Å². The number of unbranched alkanes of at least 4 members (excludes halogenated alkanes) is 6. The first-order valence-electron chi connectivity index (χ1n) is 23.1. The van der Waals surface area contributed by atoms with Crippen molar-refractivity contribution in [2.24, 2.45) is 0 Å².